The third-order valence-corrected chi connectivity index (χ3v) is 2.71. The van der Waals surface area contributed by atoms with Gasteiger partial charge < -0.3 is 10.1 Å². The topological polar surface area (TPSA) is 55.4 Å². The van der Waals surface area contributed by atoms with Crippen LogP contribution >= 0.6 is 0 Å². The lowest BCUT2D eigenvalue weighted by atomic mass is 10.00. The highest BCUT2D eigenvalue weighted by Crippen LogP contribution is 2.17. The van der Waals surface area contributed by atoms with Gasteiger partial charge >= 0.3 is 6.09 Å². The molecule has 0 heterocycles. The Kier molecular flexibility index (Phi) is 6.15. The van der Waals surface area contributed by atoms with Crippen molar-refractivity contribution >= 4 is 11.9 Å². The molecule has 0 aliphatic heterocycles. The van der Waals surface area contributed by atoms with Gasteiger partial charge in [-0.3, -0.25) is 4.79 Å². The fraction of sp³-hybridized carbons (Fsp3) is 0.412. The van der Waals surface area contributed by atoms with E-state index in [9.17, 15) is 9.59 Å². The van der Waals surface area contributed by atoms with Crippen LogP contribution in [0.15, 0.2) is 43.0 Å². The average Bonchev–Trinajstić information content (AvgIpc) is 2.41. The van der Waals surface area contributed by atoms with Crippen LogP contribution < -0.4 is 5.32 Å². The Morgan fingerprint density at radius 1 is 1.29 bits per heavy atom. The van der Waals surface area contributed by atoms with Crippen molar-refractivity contribution in [2.24, 2.45) is 0 Å². The SMILES string of the molecule is C=CCCC(=O)C(NC(=O)OC(C)(C)C)c1ccccc1. The second kappa shape index (κ2) is 7.62. The van der Waals surface area contributed by atoms with Crippen molar-refractivity contribution in [3.63, 3.8) is 0 Å². The molecule has 1 amide bonds. The Bertz CT molecular complexity index is 489. The van der Waals surface area contributed by atoms with Gasteiger partial charge in [0.15, 0.2) is 5.78 Å². The van der Waals surface area contributed by atoms with Gasteiger partial charge in [-0.1, -0.05) is 36.4 Å². The molecule has 1 aromatic carbocycles. The molecule has 0 bridgehead atoms. The van der Waals surface area contributed by atoms with Crippen LogP contribution in [0.25, 0.3) is 0 Å². The summed E-state index contributed by atoms with van der Waals surface area (Å²) in [5, 5.41) is 2.65. The molecule has 0 aliphatic carbocycles. The highest BCUT2D eigenvalue weighted by atomic mass is 16.6. The fourth-order valence-corrected chi connectivity index (χ4v) is 1.81. The number of alkyl carbamates (subject to hydrolysis) is 1. The van der Waals surface area contributed by atoms with Crippen LogP contribution in [0.1, 0.15) is 45.2 Å². The number of ketones is 1. The summed E-state index contributed by atoms with van der Waals surface area (Å²) in [4.78, 5) is 24.2. The summed E-state index contributed by atoms with van der Waals surface area (Å²) in [6.45, 7) is 8.95. The zero-order chi connectivity index (χ0) is 15.9. The maximum atomic E-state index is 12.3. The highest BCUT2D eigenvalue weighted by Gasteiger charge is 2.24. The van der Waals surface area contributed by atoms with E-state index in [-0.39, 0.29) is 5.78 Å². The predicted octanol–water partition coefficient (Wildman–Crippen LogP) is 3.79. The number of nitrogens with one attached hydrogen (secondary N) is 1. The summed E-state index contributed by atoms with van der Waals surface area (Å²) in [5.74, 6) is -0.0630. The molecule has 4 nitrogen and oxygen atoms in total. The first-order chi connectivity index (χ1) is 9.83. The van der Waals surface area contributed by atoms with Crippen molar-refractivity contribution in [1.29, 1.82) is 0 Å². The lowest BCUT2D eigenvalue weighted by Crippen LogP contribution is -2.38. The van der Waals surface area contributed by atoms with E-state index in [2.05, 4.69) is 11.9 Å². The number of carbonyl (C=O) groups is 2. The number of benzene rings is 1. The first-order valence-electron chi connectivity index (χ1n) is 7.01. The van der Waals surface area contributed by atoms with Crippen molar-refractivity contribution in [2.45, 2.75) is 45.3 Å². The summed E-state index contributed by atoms with van der Waals surface area (Å²) in [7, 11) is 0. The molecule has 1 N–H and O–H groups in total. The van der Waals surface area contributed by atoms with Crippen LogP contribution in [-0.2, 0) is 9.53 Å². The van der Waals surface area contributed by atoms with E-state index in [1.54, 1.807) is 26.8 Å². The van der Waals surface area contributed by atoms with Gasteiger partial charge in [0, 0.05) is 6.42 Å². The van der Waals surface area contributed by atoms with Crippen LogP contribution in [0.2, 0.25) is 0 Å². The van der Waals surface area contributed by atoms with Gasteiger partial charge in [0.2, 0.25) is 0 Å². The minimum atomic E-state index is -0.694. The fourth-order valence-electron chi connectivity index (χ4n) is 1.81. The molecule has 1 aromatic rings. The lowest BCUT2D eigenvalue weighted by Gasteiger charge is -2.23. The standard InChI is InChI=1S/C17H23NO3/c1-5-6-12-14(19)15(13-10-8-7-9-11-13)18-16(20)21-17(2,3)4/h5,7-11,15H,1,6,12H2,2-4H3,(H,18,20). The van der Waals surface area contributed by atoms with E-state index in [1.807, 2.05) is 30.3 Å². The number of amides is 1. The molecule has 1 atom stereocenters. The van der Waals surface area contributed by atoms with Crippen molar-refractivity contribution in [3.05, 3.63) is 48.6 Å². The number of ether oxygens (including phenoxy) is 1. The first kappa shape index (κ1) is 17.0. The van der Waals surface area contributed by atoms with Gasteiger partial charge in [-0.25, -0.2) is 4.79 Å². The van der Waals surface area contributed by atoms with E-state index in [1.165, 1.54) is 0 Å². The Labute approximate surface area is 126 Å². The number of hydrogen-bond donors (Lipinski definition) is 1. The van der Waals surface area contributed by atoms with E-state index in [0.717, 1.165) is 5.56 Å². The van der Waals surface area contributed by atoms with Crippen molar-refractivity contribution in [2.75, 3.05) is 0 Å². The van der Waals surface area contributed by atoms with Gasteiger partial charge in [0.1, 0.15) is 11.6 Å². The van der Waals surface area contributed by atoms with Gasteiger partial charge in [-0.05, 0) is 32.8 Å². The summed E-state index contributed by atoms with van der Waals surface area (Å²) in [6.07, 6.45) is 2.01. The van der Waals surface area contributed by atoms with Crippen LogP contribution in [0.3, 0.4) is 0 Å². The molecule has 1 rings (SSSR count). The molecule has 21 heavy (non-hydrogen) atoms. The number of allylic oxidation sites excluding steroid dienone is 1. The largest absolute Gasteiger partial charge is 0.444 e. The number of Topliss-reactive ketones (excluding diaryl/α,β-unsaturated/α-hetero) is 1. The maximum Gasteiger partial charge on any atom is 0.408 e. The first-order valence-corrected chi connectivity index (χ1v) is 7.01. The molecule has 0 spiro atoms. The number of rotatable bonds is 6. The molecule has 0 saturated carbocycles. The maximum absolute atomic E-state index is 12.3. The number of hydrogen-bond acceptors (Lipinski definition) is 3. The smallest absolute Gasteiger partial charge is 0.408 e. The molecule has 0 aliphatic rings. The summed E-state index contributed by atoms with van der Waals surface area (Å²) >= 11 is 0. The summed E-state index contributed by atoms with van der Waals surface area (Å²) < 4.78 is 5.22. The molecule has 0 saturated heterocycles. The van der Waals surface area contributed by atoms with E-state index in [0.29, 0.717) is 12.8 Å². The second-order valence-electron chi connectivity index (χ2n) is 5.78. The number of carbonyl (C=O) groups excluding carboxylic acids is 2. The Morgan fingerprint density at radius 3 is 2.43 bits per heavy atom. The van der Waals surface area contributed by atoms with Gasteiger partial charge in [-0.15, -0.1) is 6.58 Å². The molecule has 0 aromatic heterocycles. The van der Waals surface area contributed by atoms with Crippen LogP contribution in [0, 0.1) is 0 Å². The van der Waals surface area contributed by atoms with Crippen LogP contribution in [0.4, 0.5) is 4.79 Å². The van der Waals surface area contributed by atoms with Gasteiger partial charge in [0.25, 0.3) is 0 Å². The third kappa shape index (κ3) is 6.25. The molecular weight excluding hydrogens is 266 g/mol. The molecule has 0 fully saturated rings. The zero-order valence-corrected chi connectivity index (χ0v) is 12.9. The zero-order valence-electron chi connectivity index (χ0n) is 12.9. The third-order valence-electron chi connectivity index (χ3n) is 2.71. The van der Waals surface area contributed by atoms with Crippen molar-refractivity contribution < 1.29 is 14.3 Å². The monoisotopic (exact) mass is 289 g/mol. The molecule has 0 radical (unpaired) electrons. The van der Waals surface area contributed by atoms with Gasteiger partial charge in [0.05, 0.1) is 0 Å². The second-order valence-corrected chi connectivity index (χ2v) is 5.78. The normalized spacial score (nSPS) is 12.3. The Morgan fingerprint density at radius 2 is 1.90 bits per heavy atom. The molecule has 114 valence electrons. The van der Waals surface area contributed by atoms with Gasteiger partial charge in [-0.2, -0.15) is 0 Å². The summed E-state index contributed by atoms with van der Waals surface area (Å²) in [5.41, 5.74) is 0.146. The van der Waals surface area contributed by atoms with Crippen molar-refractivity contribution in [1.82, 2.24) is 5.32 Å². The lowest BCUT2D eigenvalue weighted by molar-refractivity contribution is -0.121. The van der Waals surface area contributed by atoms with Crippen LogP contribution in [0.5, 0.6) is 0 Å². The quantitative estimate of drug-likeness (QED) is 0.811. The van der Waals surface area contributed by atoms with E-state index < -0.39 is 17.7 Å². The molecule has 4 heteroatoms. The minimum absolute atomic E-state index is 0.0630. The Balaban J connectivity index is 2.85. The average molecular weight is 289 g/mol. The highest BCUT2D eigenvalue weighted by molar-refractivity contribution is 5.88. The van der Waals surface area contributed by atoms with E-state index >= 15 is 0 Å². The van der Waals surface area contributed by atoms with Crippen molar-refractivity contribution in [3.8, 4) is 0 Å². The molecular formula is C17H23NO3. The van der Waals surface area contributed by atoms with E-state index in [4.69, 9.17) is 4.74 Å². The predicted molar refractivity (Wildman–Crippen MR) is 83.0 cm³/mol. The minimum Gasteiger partial charge on any atom is -0.444 e. The van der Waals surface area contributed by atoms with Crippen LogP contribution in [-0.4, -0.2) is 17.5 Å². The molecule has 1 unspecified atom stereocenters. The summed E-state index contributed by atoms with van der Waals surface area (Å²) in [6, 6.07) is 8.46. The Hall–Kier alpha value is -2.10.